The molecule has 1 aliphatic heterocycles. The van der Waals surface area contributed by atoms with E-state index in [0.717, 1.165) is 50.7 Å². The molecule has 1 N–H and O–H groups in total. The monoisotopic (exact) mass is 293 g/mol. The Bertz CT molecular complexity index is 428. The number of methoxy groups -OCH3 is 1. The van der Waals surface area contributed by atoms with Crippen molar-refractivity contribution in [2.45, 2.75) is 32.4 Å². The van der Waals surface area contributed by atoms with Crippen molar-refractivity contribution in [3.8, 4) is 5.75 Å². The number of pyridine rings is 1. The molecule has 1 aromatic heterocycles. The largest absolute Gasteiger partial charge is 0.495 e. The van der Waals surface area contributed by atoms with Gasteiger partial charge < -0.3 is 14.8 Å². The highest BCUT2D eigenvalue weighted by molar-refractivity contribution is 5.30. The number of aromatic nitrogens is 1. The maximum absolute atomic E-state index is 6.02. The van der Waals surface area contributed by atoms with Crippen LogP contribution in [0.5, 0.6) is 5.75 Å². The lowest BCUT2D eigenvalue weighted by molar-refractivity contribution is -0.0465. The third-order valence-corrected chi connectivity index (χ3v) is 3.93. The minimum Gasteiger partial charge on any atom is -0.495 e. The van der Waals surface area contributed by atoms with Crippen molar-refractivity contribution in [1.29, 1.82) is 0 Å². The van der Waals surface area contributed by atoms with Crippen LogP contribution < -0.4 is 10.1 Å². The van der Waals surface area contributed by atoms with Gasteiger partial charge in [-0.15, -0.1) is 0 Å². The molecule has 2 rings (SSSR count). The minimum atomic E-state index is 0.0652. The molecular formula is C16H27N3O2. The molecule has 1 aliphatic rings. The number of hydrogen-bond donors (Lipinski definition) is 1. The quantitative estimate of drug-likeness (QED) is 0.831. The summed E-state index contributed by atoms with van der Waals surface area (Å²) in [6.07, 6.45) is 3.00. The number of likely N-dealkylation sites (N-methyl/N-ethyl adjacent to an activating group) is 1. The van der Waals surface area contributed by atoms with Crippen molar-refractivity contribution < 1.29 is 9.47 Å². The van der Waals surface area contributed by atoms with Crippen LogP contribution in [0.15, 0.2) is 18.3 Å². The zero-order chi connectivity index (χ0) is 15.1. The molecule has 0 amide bonds. The van der Waals surface area contributed by atoms with E-state index in [1.165, 1.54) is 0 Å². The molecule has 1 fully saturated rings. The Kier molecular flexibility index (Phi) is 6.42. The number of rotatable bonds is 7. The van der Waals surface area contributed by atoms with E-state index in [9.17, 15) is 0 Å². The molecule has 5 heteroatoms. The fourth-order valence-electron chi connectivity index (χ4n) is 2.73. The zero-order valence-electron chi connectivity index (χ0n) is 13.3. The van der Waals surface area contributed by atoms with Gasteiger partial charge in [-0.05, 0) is 31.6 Å². The van der Waals surface area contributed by atoms with Gasteiger partial charge in [0.25, 0.3) is 0 Å². The molecule has 0 saturated carbocycles. The van der Waals surface area contributed by atoms with Crippen LogP contribution in [0.3, 0.4) is 0 Å². The second-order valence-corrected chi connectivity index (χ2v) is 5.33. The van der Waals surface area contributed by atoms with E-state index in [0.29, 0.717) is 0 Å². The Morgan fingerprint density at radius 3 is 3.10 bits per heavy atom. The standard InChI is InChI=1S/C16H27N3O2/c1-4-8-17-16(14-12-19(5-2)10-11-21-14)15-13(20-3)7-6-9-18-15/h6-7,9,14,16-17H,4-5,8,10-12H2,1-3H3. The molecule has 0 aromatic carbocycles. The molecule has 0 radical (unpaired) electrons. The van der Waals surface area contributed by atoms with E-state index in [4.69, 9.17) is 9.47 Å². The third kappa shape index (κ3) is 4.15. The molecule has 2 heterocycles. The third-order valence-electron chi connectivity index (χ3n) is 3.93. The van der Waals surface area contributed by atoms with Gasteiger partial charge >= 0.3 is 0 Å². The van der Waals surface area contributed by atoms with Crippen LogP contribution in [0.1, 0.15) is 32.0 Å². The molecule has 5 nitrogen and oxygen atoms in total. The molecule has 0 spiro atoms. The van der Waals surface area contributed by atoms with Crippen LogP contribution in [0.25, 0.3) is 0 Å². The molecule has 2 atom stereocenters. The van der Waals surface area contributed by atoms with E-state index in [-0.39, 0.29) is 12.1 Å². The Morgan fingerprint density at radius 1 is 1.52 bits per heavy atom. The topological polar surface area (TPSA) is 46.6 Å². The molecule has 0 aliphatic carbocycles. The van der Waals surface area contributed by atoms with Gasteiger partial charge in [-0.1, -0.05) is 13.8 Å². The Balaban J connectivity index is 2.20. The van der Waals surface area contributed by atoms with Gasteiger partial charge in [-0.25, -0.2) is 0 Å². The summed E-state index contributed by atoms with van der Waals surface area (Å²) in [5.41, 5.74) is 0.941. The lowest BCUT2D eigenvalue weighted by atomic mass is 10.0. The van der Waals surface area contributed by atoms with E-state index < -0.39 is 0 Å². The molecule has 118 valence electrons. The van der Waals surface area contributed by atoms with Crippen molar-refractivity contribution in [1.82, 2.24) is 15.2 Å². The smallest absolute Gasteiger partial charge is 0.142 e. The SMILES string of the molecule is CCCNC(c1ncccc1OC)C1CN(CC)CCO1. The highest BCUT2D eigenvalue weighted by Gasteiger charge is 2.31. The van der Waals surface area contributed by atoms with Gasteiger partial charge in [-0.3, -0.25) is 9.88 Å². The summed E-state index contributed by atoms with van der Waals surface area (Å²) in [4.78, 5) is 6.96. The fourth-order valence-corrected chi connectivity index (χ4v) is 2.73. The highest BCUT2D eigenvalue weighted by atomic mass is 16.5. The molecular weight excluding hydrogens is 266 g/mol. The van der Waals surface area contributed by atoms with Crippen LogP contribution in [0, 0.1) is 0 Å². The summed E-state index contributed by atoms with van der Waals surface area (Å²) >= 11 is 0. The van der Waals surface area contributed by atoms with E-state index in [2.05, 4.69) is 29.0 Å². The molecule has 1 saturated heterocycles. The second kappa shape index (κ2) is 8.32. The van der Waals surface area contributed by atoms with E-state index >= 15 is 0 Å². The Labute approximate surface area is 127 Å². The Hall–Kier alpha value is -1.17. The summed E-state index contributed by atoms with van der Waals surface area (Å²) < 4.78 is 11.5. The first-order valence-electron chi connectivity index (χ1n) is 7.86. The van der Waals surface area contributed by atoms with Crippen LogP contribution in [-0.4, -0.2) is 55.9 Å². The number of ether oxygens (including phenoxy) is 2. The lowest BCUT2D eigenvalue weighted by Crippen LogP contribution is -2.48. The fraction of sp³-hybridized carbons (Fsp3) is 0.688. The predicted octanol–water partition coefficient (Wildman–Crippen LogP) is 1.85. The molecule has 21 heavy (non-hydrogen) atoms. The van der Waals surface area contributed by atoms with Gasteiger partial charge in [0.1, 0.15) is 11.4 Å². The van der Waals surface area contributed by atoms with Gasteiger partial charge in [0.15, 0.2) is 0 Å². The average molecular weight is 293 g/mol. The first-order chi connectivity index (χ1) is 10.3. The van der Waals surface area contributed by atoms with Gasteiger partial charge in [0.05, 0.1) is 25.9 Å². The summed E-state index contributed by atoms with van der Waals surface area (Å²) in [5, 5.41) is 3.58. The van der Waals surface area contributed by atoms with Gasteiger partial charge in [0, 0.05) is 19.3 Å². The number of hydrogen-bond acceptors (Lipinski definition) is 5. The molecule has 0 bridgehead atoms. The first kappa shape index (κ1) is 16.2. The predicted molar refractivity (Wildman–Crippen MR) is 83.7 cm³/mol. The summed E-state index contributed by atoms with van der Waals surface area (Å²) in [6.45, 7) is 9.07. The second-order valence-electron chi connectivity index (χ2n) is 5.33. The Morgan fingerprint density at radius 2 is 2.38 bits per heavy atom. The number of nitrogens with one attached hydrogen (secondary N) is 1. The minimum absolute atomic E-state index is 0.0652. The van der Waals surface area contributed by atoms with E-state index in [1.807, 2.05) is 18.3 Å². The maximum atomic E-state index is 6.02. The van der Waals surface area contributed by atoms with Crippen LogP contribution in [-0.2, 0) is 4.74 Å². The lowest BCUT2D eigenvalue weighted by Gasteiger charge is -2.37. The zero-order valence-corrected chi connectivity index (χ0v) is 13.3. The summed E-state index contributed by atoms with van der Waals surface area (Å²) in [7, 11) is 1.69. The van der Waals surface area contributed by atoms with Crippen molar-refractivity contribution in [3.05, 3.63) is 24.0 Å². The van der Waals surface area contributed by atoms with Gasteiger partial charge in [0.2, 0.25) is 0 Å². The van der Waals surface area contributed by atoms with Crippen molar-refractivity contribution in [3.63, 3.8) is 0 Å². The summed E-state index contributed by atoms with van der Waals surface area (Å²) in [6, 6.07) is 3.93. The van der Waals surface area contributed by atoms with Gasteiger partial charge in [-0.2, -0.15) is 0 Å². The maximum Gasteiger partial charge on any atom is 0.142 e. The normalized spacial score (nSPS) is 21.2. The van der Waals surface area contributed by atoms with Crippen molar-refractivity contribution in [2.75, 3.05) is 39.9 Å². The van der Waals surface area contributed by atoms with Crippen LogP contribution in [0.2, 0.25) is 0 Å². The van der Waals surface area contributed by atoms with Crippen LogP contribution in [0.4, 0.5) is 0 Å². The first-order valence-corrected chi connectivity index (χ1v) is 7.86. The molecule has 1 aromatic rings. The highest BCUT2D eigenvalue weighted by Crippen LogP contribution is 2.28. The number of morpholine rings is 1. The molecule has 2 unspecified atom stereocenters. The van der Waals surface area contributed by atoms with Crippen molar-refractivity contribution in [2.24, 2.45) is 0 Å². The van der Waals surface area contributed by atoms with E-state index in [1.54, 1.807) is 7.11 Å². The van der Waals surface area contributed by atoms with Crippen LogP contribution >= 0.6 is 0 Å². The number of nitrogens with zero attached hydrogens (tertiary/aromatic N) is 2. The van der Waals surface area contributed by atoms with Crippen molar-refractivity contribution >= 4 is 0 Å². The summed E-state index contributed by atoms with van der Waals surface area (Å²) in [5.74, 6) is 0.823. The average Bonchev–Trinajstić information content (AvgIpc) is 2.56.